The number of fused-ring (bicyclic) bond motifs is 1. The van der Waals surface area contributed by atoms with E-state index in [0.717, 1.165) is 48.2 Å². The van der Waals surface area contributed by atoms with Crippen molar-refractivity contribution in [1.29, 1.82) is 0 Å². The lowest BCUT2D eigenvalue weighted by Crippen LogP contribution is -2.26. The van der Waals surface area contributed by atoms with Crippen molar-refractivity contribution in [2.24, 2.45) is 0 Å². The van der Waals surface area contributed by atoms with Gasteiger partial charge >= 0.3 is 0 Å². The van der Waals surface area contributed by atoms with Gasteiger partial charge in [0.1, 0.15) is 23.0 Å². The maximum Gasteiger partial charge on any atom is 0.138 e. The number of rotatable bonds is 2. The fourth-order valence-electron chi connectivity index (χ4n) is 3.42. The van der Waals surface area contributed by atoms with E-state index in [1.54, 1.807) is 18.2 Å². The Balaban J connectivity index is 1.92. The van der Waals surface area contributed by atoms with Crippen LogP contribution in [0.25, 0.3) is 22.3 Å². The number of halogens is 2. The monoisotopic (exact) mass is 313 g/mol. The van der Waals surface area contributed by atoms with Gasteiger partial charge in [0, 0.05) is 22.6 Å². The molecule has 1 saturated heterocycles. The van der Waals surface area contributed by atoms with E-state index in [4.69, 9.17) is 4.42 Å². The average molecular weight is 313 g/mol. The van der Waals surface area contributed by atoms with E-state index in [9.17, 15) is 8.78 Å². The third-order valence-corrected chi connectivity index (χ3v) is 4.54. The van der Waals surface area contributed by atoms with Crippen LogP contribution in [0.15, 0.2) is 46.9 Å². The molecule has 1 N–H and O–H groups in total. The third kappa shape index (κ3) is 2.63. The van der Waals surface area contributed by atoms with Gasteiger partial charge in [-0.2, -0.15) is 0 Å². The Bertz CT molecular complexity index is 832. The Kier molecular flexibility index (Phi) is 3.62. The quantitative estimate of drug-likeness (QED) is 0.732. The minimum Gasteiger partial charge on any atom is -0.456 e. The molecule has 4 rings (SSSR count). The van der Waals surface area contributed by atoms with Gasteiger partial charge in [-0.25, -0.2) is 8.78 Å². The lowest BCUT2D eigenvalue weighted by Gasteiger charge is -2.23. The molecule has 23 heavy (non-hydrogen) atoms. The lowest BCUT2D eigenvalue weighted by atomic mass is 9.87. The normalized spacial score (nSPS) is 16.1. The van der Waals surface area contributed by atoms with E-state index in [1.165, 1.54) is 24.3 Å². The second-order valence-electron chi connectivity index (χ2n) is 6.02. The first-order chi connectivity index (χ1) is 11.2. The number of nitrogens with one attached hydrogen (secondary N) is 1. The molecule has 2 nitrogen and oxygen atoms in total. The highest BCUT2D eigenvalue weighted by Crippen LogP contribution is 2.41. The Morgan fingerprint density at radius 1 is 0.913 bits per heavy atom. The molecule has 0 saturated carbocycles. The van der Waals surface area contributed by atoms with Crippen molar-refractivity contribution in [3.63, 3.8) is 0 Å². The highest BCUT2D eigenvalue weighted by Gasteiger charge is 2.25. The zero-order chi connectivity index (χ0) is 15.8. The number of furan rings is 1. The molecule has 4 heteroatoms. The van der Waals surface area contributed by atoms with E-state index < -0.39 is 0 Å². The molecule has 0 unspecified atom stereocenters. The number of piperidine rings is 1. The van der Waals surface area contributed by atoms with E-state index in [2.05, 4.69) is 5.32 Å². The van der Waals surface area contributed by atoms with Gasteiger partial charge in [-0.1, -0.05) is 0 Å². The van der Waals surface area contributed by atoms with Crippen molar-refractivity contribution >= 4 is 11.0 Å². The van der Waals surface area contributed by atoms with Crippen molar-refractivity contribution < 1.29 is 13.2 Å². The molecule has 0 bridgehead atoms. The van der Waals surface area contributed by atoms with Crippen molar-refractivity contribution in [3.05, 3.63) is 59.7 Å². The lowest BCUT2D eigenvalue weighted by molar-refractivity contribution is 0.459. The smallest absolute Gasteiger partial charge is 0.138 e. The topological polar surface area (TPSA) is 25.2 Å². The van der Waals surface area contributed by atoms with Gasteiger partial charge in [-0.05, 0) is 68.2 Å². The summed E-state index contributed by atoms with van der Waals surface area (Å²) in [6.45, 7) is 1.92. The van der Waals surface area contributed by atoms with Gasteiger partial charge < -0.3 is 9.73 Å². The molecule has 2 aromatic carbocycles. The first-order valence-corrected chi connectivity index (χ1v) is 7.91. The van der Waals surface area contributed by atoms with E-state index >= 15 is 0 Å². The molecule has 118 valence electrons. The number of benzene rings is 2. The highest BCUT2D eigenvalue weighted by atomic mass is 19.1. The summed E-state index contributed by atoms with van der Waals surface area (Å²) < 4.78 is 32.8. The highest BCUT2D eigenvalue weighted by molar-refractivity contribution is 5.88. The summed E-state index contributed by atoms with van der Waals surface area (Å²) in [6, 6.07) is 11.0. The van der Waals surface area contributed by atoms with Crippen LogP contribution in [0.5, 0.6) is 0 Å². The first-order valence-electron chi connectivity index (χ1n) is 7.91. The summed E-state index contributed by atoms with van der Waals surface area (Å²) in [5, 5.41) is 4.32. The molecule has 1 aliphatic rings. The van der Waals surface area contributed by atoms with Crippen LogP contribution < -0.4 is 5.32 Å². The summed E-state index contributed by atoms with van der Waals surface area (Å²) >= 11 is 0. The van der Waals surface area contributed by atoms with Gasteiger partial charge in [-0.3, -0.25) is 0 Å². The fraction of sp³-hybridized carbons (Fsp3) is 0.263. The van der Waals surface area contributed by atoms with Crippen LogP contribution in [-0.4, -0.2) is 13.1 Å². The molecule has 1 aliphatic heterocycles. The summed E-state index contributed by atoms with van der Waals surface area (Å²) in [5.41, 5.74) is 2.50. The Hall–Kier alpha value is -2.20. The molecule has 3 aromatic rings. The second kappa shape index (κ2) is 5.78. The molecule has 0 spiro atoms. The average Bonchev–Trinajstić information content (AvgIpc) is 2.94. The standard InChI is InChI=1S/C19H17F2NO/c20-14-3-1-13(2-4-14)19-18(12-7-9-22-10-8-12)16-6-5-15(21)11-17(16)23-19/h1-6,11-12,22H,7-10H2. The predicted octanol–water partition coefficient (Wildman–Crippen LogP) is 4.85. The van der Waals surface area contributed by atoms with Crippen LogP contribution in [0.2, 0.25) is 0 Å². The molecule has 2 heterocycles. The SMILES string of the molecule is Fc1ccc(-c2oc3cc(F)ccc3c2C2CCNCC2)cc1. The van der Waals surface area contributed by atoms with Crippen LogP contribution in [0.4, 0.5) is 8.78 Å². The summed E-state index contributed by atoms with van der Waals surface area (Å²) in [6.07, 6.45) is 2.03. The van der Waals surface area contributed by atoms with Gasteiger partial charge in [-0.15, -0.1) is 0 Å². The summed E-state index contributed by atoms with van der Waals surface area (Å²) in [7, 11) is 0. The molecule has 0 aliphatic carbocycles. The Morgan fingerprint density at radius 3 is 2.35 bits per heavy atom. The van der Waals surface area contributed by atoms with Crippen LogP contribution >= 0.6 is 0 Å². The van der Waals surface area contributed by atoms with Crippen LogP contribution in [0.1, 0.15) is 24.3 Å². The van der Waals surface area contributed by atoms with Crippen molar-refractivity contribution in [3.8, 4) is 11.3 Å². The van der Waals surface area contributed by atoms with Gasteiger partial charge in [0.2, 0.25) is 0 Å². The number of hydrogen-bond donors (Lipinski definition) is 1. The third-order valence-electron chi connectivity index (χ3n) is 4.54. The van der Waals surface area contributed by atoms with Gasteiger partial charge in [0.25, 0.3) is 0 Å². The molecular weight excluding hydrogens is 296 g/mol. The minimum absolute atomic E-state index is 0.278. The Labute approximate surface area is 133 Å². The van der Waals surface area contributed by atoms with Crippen LogP contribution in [0, 0.1) is 11.6 Å². The van der Waals surface area contributed by atoms with Crippen LogP contribution in [-0.2, 0) is 0 Å². The van der Waals surface area contributed by atoms with Crippen molar-refractivity contribution in [2.75, 3.05) is 13.1 Å². The summed E-state index contributed by atoms with van der Waals surface area (Å²) in [4.78, 5) is 0. The van der Waals surface area contributed by atoms with Crippen LogP contribution in [0.3, 0.4) is 0 Å². The Morgan fingerprint density at radius 2 is 1.61 bits per heavy atom. The maximum atomic E-state index is 13.6. The van der Waals surface area contributed by atoms with E-state index in [0.29, 0.717) is 11.5 Å². The molecule has 0 amide bonds. The predicted molar refractivity (Wildman–Crippen MR) is 86.4 cm³/mol. The molecular formula is C19H17F2NO. The second-order valence-corrected chi connectivity index (χ2v) is 6.02. The largest absolute Gasteiger partial charge is 0.456 e. The number of hydrogen-bond acceptors (Lipinski definition) is 2. The van der Waals surface area contributed by atoms with Crippen molar-refractivity contribution in [2.45, 2.75) is 18.8 Å². The molecule has 1 aromatic heterocycles. The molecule has 0 radical (unpaired) electrons. The zero-order valence-corrected chi connectivity index (χ0v) is 12.6. The van der Waals surface area contributed by atoms with E-state index in [1.807, 2.05) is 0 Å². The zero-order valence-electron chi connectivity index (χ0n) is 12.6. The maximum absolute atomic E-state index is 13.6. The summed E-state index contributed by atoms with van der Waals surface area (Å²) in [5.74, 6) is 0.508. The molecule has 0 atom stereocenters. The minimum atomic E-state index is -0.311. The van der Waals surface area contributed by atoms with Gasteiger partial charge in [0.05, 0.1) is 0 Å². The molecule has 1 fully saturated rings. The fourth-order valence-corrected chi connectivity index (χ4v) is 3.42. The first kappa shape index (κ1) is 14.4. The van der Waals surface area contributed by atoms with Gasteiger partial charge in [0.15, 0.2) is 0 Å². The van der Waals surface area contributed by atoms with E-state index in [-0.39, 0.29) is 11.6 Å². The van der Waals surface area contributed by atoms with Crippen molar-refractivity contribution in [1.82, 2.24) is 5.32 Å².